The quantitative estimate of drug-likeness (QED) is 0.275. The van der Waals surface area contributed by atoms with E-state index in [2.05, 4.69) is 22.4 Å². The third kappa shape index (κ3) is 3.60. The van der Waals surface area contributed by atoms with Crippen molar-refractivity contribution in [1.29, 1.82) is 0 Å². The number of methoxy groups -OCH3 is 1. The SMILES string of the molecule is COc1cc(C2CC2)ccc1-c1nc2c(n1C(C)C)C1(C(=O)Nc3cc(Cl)ccc31)N(c1cc(Cl)cnc1C)C2=O. The molecule has 1 spiro atoms. The lowest BCUT2D eigenvalue weighted by atomic mass is 9.87. The van der Waals surface area contributed by atoms with E-state index in [0.717, 1.165) is 5.56 Å². The first-order chi connectivity index (χ1) is 19.7. The third-order valence-corrected chi connectivity index (χ3v) is 8.68. The molecule has 1 unspecified atom stereocenters. The molecule has 2 aromatic carbocycles. The number of halogens is 2. The van der Waals surface area contributed by atoms with Gasteiger partial charge >= 0.3 is 0 Å². The van der Waals surface area contributed by atoms with Crippen molar-refractivity contribution in [3.63, 3.8) is 0 Å². The van der Waals surface area contributed by atoms with Crippen LogP contribution in [-0.4, -0.2) is 33.5 Å². The van der Waals surface area contributed by atoms with Gasteiger partial charge in [-0.15, -0.1) is 0 Å². The van der Waals surface area contributed by atoms with Crippen LogP contribution in [0.15, 0.2) is 48.7 Å². The van der Waals surface area contributed by atoms with Crippen LogP contribution in [0.3, 0.4) is 0 Å². The van der Waals surface area contributed by atoms with E-state index in [-0.39, 0.29) is 17.6 Å². The van der Waals surface area contributed by atoms with Crippen molar-refractivity contribution >= 4 is 46.4 Å². The van der Waals surface area contributed by atoms with Crippen LogP contribution in [0.5, 0.6) is 5.75 Å². The Morgan fingerprint density at radius 1 is 1.07 bits per heavy atom. The van der Waals surface area contributed by atoms with Crippen LogP contribution in [0.4, 0.5) is 11.4 Å². The number of hydrogen-bond donors (Lipinski definition) is 1. The standard InChI is InChI=1S/C31H27Cl2N5O3/c1-15(2)37-27-26(36-28(37)21-9-7-18(17-5-6-17)11-25(21)41-4)29(39)38(24-13-20(33)14-34-16(24)3)31(27)22-10-8-19(32)12-23(22)35-30(31)40/h7-15,17H,5-6H2,1-4H3,(H,35,40). The molecule has 4 aromatic rings. The van der Waals surface area contributed by atoms with Crippen molar-refractivity contribution in [2.24, 2.45) is 0 Å². The van der Waals surface area contributed by atoms with Crippen LogP contribution in [0.1, 0.15) is 71.7 Å². The molecule has 0 bridgehead atoms. The van der Waals surface area contributed by atoms with Gasteiger partial charge in [0.1, 0.15) is 11.6 Å². The lowest BCUT2D eigenvalue weighted by Gasteiger charge is -2.36. The van der Waals surface area contributed by atoms with Gasteiger partial charge in [-0.3, -0.25) is 19.5 Å². The Bertz CT molecular complexity index is 1790. The van der Waals surface area contributed by atoms with Crippen molar-refractivity contribution in [2.75, 3.05) is 17.3 Å². The van der Waals surface area contributed by atoms with Gasteiger partial charge in [0.25, 0.3) is 11.8 Å². The molecule has 0 radical (unpaired) electrons. The van der Waals surface area contributed by atoms with Gasteiger partial charge in [0.2, 0.25) is 0 Å². The molecule has 2 aromatic heterocycles. The minimum absolute atomic E-state index is 0.165. The topological polar surface area (TPSA) is 89.3 Å². The fraction of sp³-hybridized carbons (Fsp3) is 0.290. The Labute approximate surface area is 247 Å². The zero-order chi connectivity index (χ0) is 28.8. The maximum absolute atomic E-state index is 14.5. The molecule has 3 aliphatic rings. The number of benzene rings is 2. The molecule has 2 amide bonds. The van der Waals surface area contributed by atoms with Crippen molar-refractivity contribution in [2.45, 2.75) is 51.1 Å². The average molecular weight is 588 g/mol. The number of carbonyl (C=O) groups is 2. The zero-order valence-corrected chi connectivity index (χ0v) is 24.5. The normalized spacial score (nSPS) is 19.2. The molecule has 1 fully saturated rings. The van der Waals surface area contributed by atoms with Gasteiger partial charge in [-0.1, -0.05) is 35.3 Å². The summed E-state index contributed by atoms with van der Waals surface area (Å²) in [6.45, 7) is 5.81. The predicted octanol–water partition coefficient (Wildman–Crippen LogP) is 6.88. The predicted molar refractivity (Wildman–Crippen MR) is 158 cm³/mol. The number of fused-ring (bicyclic) bond motifs is 4. The van der Waals surface area contributed by atoms with E-state index in [0.29, 0.717) is 55.9 Å². The molecular weight excluding hydrogens is 561 g/mol. The minimum atomic E-state index is -1.57. The summed E-state index contributed by atoms with van der Waals surface area (Å²) >= 11 is 12.7. The van der Waals surface area contributed by atoms with Crippen molar-refractivity contribution in [3.05, 3.63) is 86.9 Å². The molecule has 208 valence electrons. The van der Waals surface area contributed by atoms with Gasteiger partial charge in [-0.2, -0.15) is 0 Å². The molecular formula is C31H27Cl2N5O3. The maximum atomic E-state index is 14.5. The highest BCUT2D eigenvalue weighted by Gasteiger charge is 2.64. The second-order valence-corrected chi connectivity index (χ2v) is 12.0. The van der Waals surface area contributed by atoms with Crippen LogP contribution < -0.4 is 15.0 Å². The van der Waals surface area contributed by atoms with E-state index >= 15 is 0 Å². The molecule has 1 atom stereocenters. The Hall–Kier alpha value is -3.88. The molecule has 7 rings (SSSR count). The minimum Gasteiger partial charge on any atom is -0.496 e. The van der Waals surface area contributed by atoms with Crippen molar-refractivity contribution in [1.82, 2.24) is 14.5 Å². The monoisotopic (exact) mass is 587 g/mol. The number of anilines is 2. The highest BCUT2D eigenvalue weighted by Crippen LogP contribution is 2.55. The van der Waals surface area contributed by atoms with Gasteiger partial charge in [0.15, 0.2) is 11.2 Å². The first kappa shape index (κ1) is 26.0. The zero-order valence-electron chi connectivity index (χ0n) is 23.0. The van der Waals surface area contributed by atoms with E-state index in [1.165, 1.54) is 29.5 Å². The third-order valence-electron chi connectivity index (χ3n) is 8.24. The van der Waals surface area contributed by atoms with Gasteiger partial charge < -0.3 is 14.6 Å². The molecule has 1 aliphatic carbocycles. The highest BCUT2D eigenvalue weighted by molar-refractivity contribution is 6.32. The second-order valence-electron chi connectivity index (χ2n) is 11.1. The van der Waals surface area contributed by atoms with Crippen LogP contribution in [-0.2, 0) is 10.3 Å². The van der Waals surface area contributed by atoms with Crippen molar-refractivity contribution < 1.29 is 14.3 Å². The molecule has 4 heterocycles. The number of carbonyl (C=O) groups excluding carboxylic acids is 2. The number of pyridine rings is 1. The molecule has 0 saturated heterocycles. The van der Waals surface area contributed by atoms with Crippen LogP contribution >= 0.6 is 23.2 Å². The molecule has 41 heavy (non-hydrogen) atoms. The van der Waals surface area contributed by atoms with Gasteiger partial charge in [-0.05, 0) is 75.4 Å². The number of hydrogen-bond acceptors (Lipinski definition) is 5. The number of amides is 2. The number of nitrogens with one attached hydrogen (secondary N) is 1. The molecule has 1 saturated carbocycles. The van der Waals surface area contributed by atoms with Crippen LogP contribution in [0.2, 0.25) is 10.0 Å². The maximum Gasteiger partial charge on any atom is 0.280 e. The van der Waals surface area contributed by atoms with Gasteiger partial charge in [0.05, 0.1) is 34.8 Å². The fourth-order valence-corrected chi connectivity index (χ4v) is 6.61. The average Bonchev–Trinajstić information content (AvgIpc) is 3.59. The van der Waals surface area contributed by atoms with E-state index in [1.807, 2.05) is 24.5 Å². The lowest BCUT2D eigenvalue weighted by molar-refractivity contribution is -0.119. The highest BCUT2D eigenvalue weighted by atomic mass is 35.5. The summed E-state index contributed by atoms with van der Waals surface area (Å²) < 4.78 is 7.83. The summed E-state index contributed by atoms with van der Waals surface area (Å²) in [7, 11) is 1.64. The number of imidazole rings is 1. The number of ether oxygens (including phenoxy) is 1. The second kappa shape index (κ2) is 9.06. The Kier molecular flexibility index (Phi) is 5.76. The molecule has 8 nitrogen and oxygen atoms in total. The van der Waals surface area contributed by atoms with Crippen LogP contribution in [0, 0.1) is 6.92 Å². The summed E-state index contributed by atoms with van der Waals surface area (Å²) in [5, 5.41) is 3.81. The number of nitrogens with zero attached hydrogens (tertiary/aromatic N) is 4. The number of aryl methyl sites for hydroxylation is 1. The molecule has 10 heteroatoms. The van der Waals surface area contributed by atoms with E-state index in [9.17, 15) is 9.59 Å². The summed E-state index contributed by atoms with van der Waals surface area (Å²) in [6, 6.07) is 12.9. The largest absolute Gasteiger partial charge is 0.496 e. The van der Waals surface area contributed by atoms with E-state index < -0.39 is 11.4 Å². The number of rotatable bonds is 5. The summed E-state index contributed by atoms with van der Waals surface area (Å²) in [6.07, 6.45) is 3.85. The summed E-state index contributed by atoms with van der Waals surface area (Å²) in [5.41, 5.74) is 3.21. The smallest absolute Gasteiger partial charge is 0.280 e. The van der Waals surface area contributed by atoms with Crippen LogP contribution in [0.25, 0.3) is 11.4 Å². The van der Waals surface area contributed by atoms with E-state index in [1.54, 1.807) is 38.3 Å². The lowest BCUT2D eigenvalue weighted by Crippen LogP contribution is -2.51. The summed E-state index contributed by atoms with van der Waals surface area (Å²) in [4.78, 5) is 39.7. The Morgan fingerprint density at radius 2 is 1.85 bits per heavy atom. The Balaban J connectivity index is 1.55. The van der Waals surface area contributed by atoms with E-state index in [4.69, 9.17) is 32.9 Å². The van der Waals surface area contributed by atoms with Gasteiger partial charge in [-0.25, -0.2) is 4.98 Å². The first-order valence-corrected chi connectivity index (χ1v) is 14.3. The van der Waals surface area contributed by atoms with Crippen molar-refractivity contribution in [3.8, 4) is 17.1 Å². The molecule has 1 N–H and O–H groups in total. The first-order valence-electron chi connectivity index (χ1n) is 13.6. The van der Waals surface area contributed by atoms with Gasteiger partial charge in [0, 0.05) is 28.5 Å². The number of aromatic nitrogens is 3. The Morgan fingerprint density at radius 3 is 2.56 bits per heavy atom. The fourth-order valence-electron chi connectivity index (χ4n) is 6.29. The summed E-state index contributed by atoms with van der Waals surface area (Å²) in [5.74, 6) is 0.986. The molecule has 2 aliphatic heterocycles.